The summed E-state index contributed by atoms with van der Waals surface area (Å²) < 4.78 is 19.7. The highest BCUT2D eigenvalue weighted by Crippen LogP contribution is 2.37. The molecule has 120 valence electrons. The van der Waals surface area contributed by atoms with Gasteiger partial charge in [0.25, 0.3) is 0 Å². The summed E-state index contributed by atoms with van der Waals surface area (Å²) in [6.07, 6.45) is 2.41. The van der Waals surface area contributed by atoms with Crippen LogP contribution in [0.15, 0.2) is 18.3 Å². The van der Waals surface area contributed by atoms with E-state index in [-0.39, 0.29) is 11.6 Å². The van der Waals surface area contributed by atoms with E-state index in [9.17, 15) is 9.65 Å². The van der Waals surface area contributed by atoms with Crippen molar-refractivity contribution in [2.24, 2.45) is 5.92 Å². The maximum Gasteiger partial charge on any atom is 0.149 e. The summed E-state index contributed by atoms with van der Waals surface area (Å²) in [5, 5.41) is 10.4. The molecular weight excluding hydrogens is 317 g/mol. The van der Waals surface area contributed by atoms with Crippen LogP contribution in [-0.4, -0.2) is 31.3 Å². The minimum atomic E-state index is -0.441. The van der Waals surface area contributed by atoms with E-state index < -0.39 is 5.82 Å². The number of piperidine rings is 1. The van der Waals surface area contributed by atoms with E-state index in [4.69, 9.17) is 16.3 Å². The number of hydrogen-bond donors (Lipinski definition) is 0. The fraction of sp³-hybridized carbons (Fsp3) is 0.412. The third kappa shape index (κ3) is 2.73. The van der Waals surface area contributed by atoms with Crippen LogP contribution in [0.1, 0.15) is 18.9 Å². The van der Waals surface area contributed by atoms with Gasteiger partial charge in [-0.2, -0.15) is 5.26 Å². The molecule has 0 amide bonds. The molecule has 3 rings (SSSR count). The first kappa shape index (κ1) is 16.0. The van der Waals surface area contributed by atoms with Gasteiger partial charge in [-0.3, -0.25) is 4.98 Å². The van der Waals surface area contributed by atoms with Crippen molar-refractivity contribution in [3.05, 3.63) is 34.7 Å². The summed E-state index contributed by atoms with van der Waals surface area (Å²) in [7, 11) is 1.69. The van der Waals surface area contributed by atoms with Crippen LogP contribution in [-0.2, 0) is 4.74 Å². The van der Waals surface area contributed by atoms with Crippen molar-refractivity contribution in [3.63, 3.8) is 0 Å². The molecular formula is C17H17ClFN3O. The normalized spacial score (nSPS) is 21.4. The molecule has 0 N–H and O–H groups in total. The predicted molar refractivity (Wildman–Crippen MR) is 88.2 cm³/mol. The Balaban J connectivity index is 2.20. The van der Waals surface area contributed by atoms with E-state index in [0.29, 0.717) is 34.1 Å². The Morgan fingerprint density at radius 1 is 1.48 bits per heavy atom. The van der Waals surface area contributed by atoms with Gasteiger partial charge in [0, 0.05) is 31.8 Å². The quantitative estimate of drug-likeness (QED) is 0.839. The van der Waals surface area contributed by atoms with E-state index in [2.05, 4.69) is 22.9 Å². The number of pyridine rings is 1. The monoisotopic (exact) mass is 333 g/mol. The molecule has 0 aliphatic carbocycles. The molecule has 2 unspecified atom stereocenters. The van der Waals surface area contributed by atoms with Crippen molar-refractivity contribution in [2.75, 3.05) is 25.1 Å². The second-order valence-corrected chi connectivity index (χ2v) is 6.28. The van der Waals surface area contributed by atoms with Crippen molar-refractivity contribution in [3.8, 4) is 6.07 Å². The van der Waals surface area contributed by atoms with E-state index in [0.717, 1.165) is 13.0 Å². The van der Waals surface area contributed by atoms with Crippen molar-refractivity contribution in [1.29, 1.82) is 5.26 Å². The standard InChI is InChI=1S/C17H17ClFN3O/c1-10-5-6-22(9-14(10)23-2)17-11(7-20)8-21-16-13(19)4-3-12(18)15(16)17/h3-4,8,10,14H,5-6,9H2,1-2H3. The Kier molecular flexibility index (Phi) is 4.38. The molecule has 2 heterocycles. The lowest BCUT2D eigenvalue weighted by Gasteiger charge is -2.38. The lowest BCUT2D eigenvalue weighted by molar-refractivity contribution is 0.0499. The zero-order chi connectivity index (χ0) is 16.6. The molecule has 23 heavy (non-hydrogen) atoms. The second-order valence-electron chi connectivity index (χ2n) is 5.87. The Morgan fingerprint density at radius 3 is 2.96 bits per heavy atom. The lowest BCUT2D eigenvalue weighted by Crippen LogP contribution is -2.44. The van der Waals surface area contributed by atoms with Crippen LogP contribution < -0.4 is 4.90 Å². The number of anilines is 1. The first-order chi connectivity index (χ1) is 11.1. The Bertz CT molecular complexity index is 789. The summed E-state index contributed by atoms with van der Waals surface area (Å²) in [4.78, 5) is 6.14. The molecule has 2 atom stereocenters. The number of nitrogens with zero attached hydrogens (tertiary/aromatic N) is 3. The third-order valence-corrected chi connectivity index (χ3v) is 4.84. The summed E-state index contributed by atoms with van der Waals surface area (Å²) >= 11 is 6.31. The summed E-state index contributed by atoms with van der Waals surface area (Å²) in [5.74, 6) is -0.00842. The van der Waals surface area contributed by atoms with Gasteiger partial charge >= 0.3 is 0 Å². The molecule has 0 saturated carbocycles. The molecule has 2 aromatic rings. The van der Waals surface area contributed by atoms with Crippen molar-refractivity contribution < 1.29 is 9.13 Å². The van der Waals surface area contributed by atoms with Gasteiger partial charge in [0.15, 0.2) is 0 Å². The number of rotatable bonds is 2. The molecule has 0 spiro atoms. The van der Waals surface area contributed by atoms with Gasteiger partial charge < -0.3 is 9.64 Å². The number of fused-ring (bicyclic) bond motifs is 1. The molecule has 0 radical (unpaired) electrons. The fourth-order valence-corrected chi connectivity index (χ4v) is 3.41. The lowest BCUT2D eigenvalue weighted by atomic mass is 9.94. The zero-order valence-corrected chi connectivity index (χ0v) is 13.8. The summed E-state index contributed by atoms with van der Waals surface area (Å²) in [5.41, 5.74) is 1.24. The largest absolute Gasteiger partial charge is 0.379 e. The van der Waals surface area contributed by atoms with Crippen molar-refractivity contribution in [1.82, 2.24) is 4.98 Å². The van der Waals surface area contributed by atoms with Crippen LogP contribution in [0.4, 0.5) is 10.1 Å². The molecule has 6 heteroatoms. The Labute approximate surface area is 139 Å². The number of methoxy groups -OCH3 is 1. The minimum Gasteiger partial charge on any atom is -0.379 e. The van der Waals surface area contributed by atoms with Gasteiger partial charge in [-0.25, -0.2) is 4.39 Å². The first-order valence-corrected chi connectivity index (χ1v) is 7.89. The smallest absolute Gasteiger partial charge is 0.149 e. The second kappa shape index (κ2) is 6.31. The maximum absolute atomic E-state index is 14.1. The molecule has 1 saturated heterocycles. The van der Waals surface area contributed by atoms with Crippen molar-refractivity contribution >= 4 is 28.2 Å². The van der Waals surface area contributed by atoms with E-state index in [1.165, 1.54) is 18.3 Å². The third-order valence-electron chi connectivity index (χ3n) is 4.52. The summed E-state index contributed by atoms with van der Waals surface area (Å²) in [6, 6.07) is 4.95. The number of hydrogen-bond acceptors (Lipinski definition) is 4. The van der Waals surface area contributed by atoms with Gasteiger partial charge in [0.05, 0.1) is 22.4 Å². The highest BCUT2D eigenvalue weighted by Gasteiger charge is 2.29. The van der Waals surface area contributed by atoms with Gasteiger partial charge in [-0.15, -0.1) is 0 Å². The minimum absolute atomic E-state index is 0.0610. The van der Waals surface area contributed by atoms with Gasteiger partial charge in [0.1, 0.15) is 17.4 Å². The zero-order valence-electron chi connectivity index (χ0n) is 13.0. The van der Waals surface area contributed by atoms with Crippen LogP contribution in [0.2, 0.25) is 5.02 Å². The topological polar surface area (TPSA) is 49.1 Å². The number of aromatic nitrogens is 1. The maximum atomic E-state index is 14.1. The molecule has 0 bridgehead atoms. The van der Waals surface area contributed by atoms with Crippen LogP contribution in [0, 0.1) is 23.1 Å². The Morgan fingerprint density at radius 2 is 2.26 bits per heavy atom. The van der Waals surface area contributed by atoms with Crippen LogP contribution in [0.3, 0.4) is 0 Å². The average Bonchev–Trinajstić information content (AvgIpc) is 2.57. The number of nitriles is 1. The highest BCUT2D eigenvalue weighted by molar-refractivity contribution is 6.36. The van der Waals surface area contributed by atoms with Crippen LogP contribution in [0.5, 0.6) is 0 Å². The molecule has 1 aromatic carbocycles. The number of benzene rings is 1. The van der Waals surface area contributed by atoms with Gasteiger partial charge in [0.2, 0.25) is 0 Å². The highest BCUT2D eigenvalue weighted by atomic mass is 35.5. The molecule has 1 aliphatic heterocycles. The number of halogens is 2. The van der Waals surface area contributed by atoms with Crippen LogP contribution in [0.25, 0.3) is 10.9 Å². The summed E-state index contributed by atoms with van der Waals surface area (Å²) in [6.45, 7) is 3.55. The van der Waals surface area contributed by atoms with Gasteiger partial charge in [-0.1, -0.05) is 18.5 Å². The fourth-order valence-electron chi connectivity index (χ4n) is 3.17. The molecule has 1 aromatic heterocycles. The van der Waals surface area contributed by atoms with Crippen LogP contribution >= 0.6 is 11.6 Å². The Hall–Kier alpha value is -1.90. The molecule has 1 fully saturated rings. The van der Waals surface area contributed by atoms with E-state index in [1.54, 1.807) is 7.11 Å². The average molecular weight is 334 g/mol. The predicted octanol–water partition coefficient (Wildman–Crippen LogP) is 3.76. The number of ether oxygens (including phenoxy) is 1. The van der Waals surface area contributed by atoms with Crippen molar-refractivity contribution in [2.45, 2.75) is 19.4 Å². The van der Waals surface area contributed by atoms with Gasteiger partial charge in [-0.05, 0) is 24.5 Å². The first-order valence-electron chi connectivity index (χ1n) is 7.51. The SMILES string of the molecule is COC1CN(c2c(C#N)cnc3c(F)ccc(Cl)c23)CCC1C. The molecule has 1 aliphatic rings. The van der Waals surface area contributed by atoms with E-state index in [1.807, 2.05) is 0 Å². The van der Waals surface area contributed by atoms with E-state index >= 15 is 0 Å². The molecule has 4 nitrogen and oxygen atoms in total.